The first-order valence-corrected chi connectivity index (χ1v) is 6.19. The van der Waals surface area contributed by atoms with Gasteiger partial charge in [-0.15, -0.1) is 0 Å². The Bertz CT molecular complexity index is 409. The maximum atomic E-state index is 6.00. The van der Waals surface area contributed by atoms with E-state index in [1.807, 2.05) is 6.07 Å². The molecule has 0 radical (unpaired) electrons. The Morgan fingerprint density at radius 1 is 1.33 bits per heavy atom. The van der Waals surface area contributed by atoms with E-state index in [0.29, 0.717) is 31.3 Å². The molecule has 0 amide bonds. The molecule has 2 rings (SSSR count). The summed E-state index contributed by atoms with van der Waals surface area (Å²) in [4.78, 5) is 0. The van der Waals surface area contributed by atoms with Crippen molar-refractivity contribution in [1.82, 2.24) is 0 Å². The van der Waals surface area contributed by atoms with Crippen LogP contribution in [0.1, 0.15) is 13.3 Å². The second-order valence-electron chi connectivity index (χ2n) is 4.29. The molecule has 1 atom stereocenters. The number of fused-ring (bicyclic) bond motifs is 1. The first kappa shape index (κ1) is 12.8. The van der Waals surface area contributed by atoms with Crippen LogP contribution < -0.4 is 20.5 Å². The Hall–Kier alpha value is -1.62. The average Bonchev–Trinajstić information content (AvgIpc) is 2.39. The molecule has 5 heteroatoms. The third-order valence-corrected chi connectivity index (χ3v) is 2.93. The Morgan fingerprint density at radius 2 is 2.00 bits per heavy atom. The van der Waals surface area contributed by atoms with Crippen molar-refractivity contribution in [2.24, 2.45) is 0 Å². The summed E-state index contributed by atoms with van der Waals surface area (Å²) in [6.45, 7) is 3.89. The number of benzene rings is 1. The Kier molecular flexibility index (Phi) is 4.15. The molecule has 1 aliphatic heterocycles. The van der Waals surface area contributed by atoms with Crippen LogP contribution in [0.2, 0.25) is 0 Å². The summed E-state index contributed by atoms with van der Waals surface area (Å²) in [5.74, 6) is 1.45. The largest absolute Gasteiger partial charge is 0.486 e. The quantitative estimate of drug-likeness (QED) is 0.783. The molecule has 0 spiro atoms. The van der Waals surface area contributed by atoms with Gasteiger partial charge in [0.15, 0.2) is 11.5 Å². The lowest BCUT2D eigenvalue weighted by molar-refractivity contribution is 0.171. The highest BCUT2D eigenvalue weighted by atomic mass is 16.6. The molecule has 18 heavy (non-hydrogen) atoms. The number of hydrogen-bond acceptors (Lipinski definition) is 5. The zero-order valence-electron chi connectivity index (χ0n) is 10.9. The Morgan fingerprint density at radius 3 is 2.61 bits per heavy atom. The predicted octanol–water partition coefficient (Wildman–Crippen LogP) is 1.88. The van der Waals surface area contributed by atoms with Crippen LogP contribution in [0.15, 0.2) is 12.1 Å². The van der Waals surface area contributed by atoms with Gasteiger partial charge in [0, 0.05) is 25.3 Å². The SMILES string of the molecule is CCC(COC)Nc1cc2c(cc1N)OCCO2. The van der Waals surface area contributed by atoms with Gasteiger partial charge in [-0.05, 0) is 6.42 Å². The van der Waals surface area contributed by atoms with Gasteiger partial charge in [-0.1, -0.05) is 6.92 Å². The second kappa shape index (κ2) is 5.82. The topological polar surface area (TPSA) is 65.7 Å². The van der Waals surface area contributed by atoms with E-state index >= 15 is 0 Å². The van der Waals surface area contributed by atoms with Crippen LogP contribution in [-0.2, 0) is 4.74 Å². The third-order valence-electron chi connectivity index (χ3n) is 2.93. The van der Waals surface area contributed by atoms with Gasteiger partial charge in [0.05, 0.1) is 18.0 Å². The van der Waals surface area contributed by atoms with Gasteiger partial charge in [-0.3, -0.25) is 0 Å². The summed E-state index contributed by atoms with van der Waals surface area (Å²) < 4.78 is 16.2. The number of nitrogen functional groups attached to an aromatic ring is 1. The van der Waals surface area contributed by atoms with Crippen molar-refractivity contribution >= 4 is 11.4 Å². The molecule has 0 aliphatic carbocycles. The van der Waals surface area contributed by atoms with Crippen LogP contribution in [0.3, 0.4) is 0 Å². The first-order chi connectivity index (χ1) is 8.74. The van der Waals surface area contributed by atoms with Crippen LogP contribution in [-0.4, -0.2) is 33.0 Å². The second-order valence-corrected chi connectivity index (χ2v) is 4.29. The molecular formula is C13H20N2O3. The van der Waals surface area contributed by atoms with Gasteiger partial charge in [-0.2, -0.15) is 0 Å². The maximum absolute atomic E-state index is 6.00. The van der Waals surface area contributed by atoms with Gasteiger partial charge in [0.2, 0.25) is 0 Å². The fourth-order valence-electron chi connectivity index (χ4n) is 1.91. The monoisotopic (exact) mass is 252 g/mol. The first-order valence-electron chi connectivity index (χ1n) is 6.19. The lowest BCUT2D eigenvalue weighted by atomic mass is 10.2. The highest BCUT2D eigenvalue weighted by molar-refractivity contribution is 5.72. The van der Waals surface area contributed by atoms with Gasteiger partial charge in [0.25, 0.3) is 0 Å². The summed E-state index contributed by atoms with van der Waals surface area (Å²) in [7, 11) is 1.69. The van der Waals surface area contributed by atoms with E-state index in [0.717, 1.165) is 17.9 Å². The van der Waals surface area contributed by atoms with Crippen LogP contribution in [0.4, 0.5) is 11.4 Å². The number of rotatable bonds is 5. The van der Waals surface area contributed by atoms with Crippen LogP contribution in [0.25, 0.3) is 0 Å². The minimum absolute atomic E-state index is 0.236. The van der Waals surface area contributed by atoms with Crippen molar-refractivity contribution in [1.29, 1.82) is 0 Å². The van der Waals surface area contributed by atoms with Gasteiger partial charge < -0.3 is 25.3 Å². The molecule has 0 fully saturated rings. The van der Waals surface area contributed by atoms with E-state index in [9.17, 15) is 0 Å². The van der Waals surface area contributed by atoms with E-state index in [1.165, 1.54) is 0 Å². The molecule has 0 bridgehead atoms. The molecule has 1 unspecified atom stereocenters. The number of ether oxygens (including phenoxy) is 3. The van der Waals surface area contributed by atoms with Gasteiger partial charge in [0.1, 0.15) is 13.2 Å². The zero-order valence-corrected chi connectivity index (χ0v) is 10.9. The zero-order chi connectivity index (χ0) is 13.0. The van der Waals surface area contributed by atoms with Crippen molar-refractivity contribution in [3.63, 3.8) is 0 Å². The van der Waals surface area contributed by atoms with Gasteiger partial charge in [-0.25, -0.2) is 0 Å². The molecule has 1 aliphatic rings. The fraction of sp³-hybridized carbons (Fsp3) is 0.538. The normalized spacial score (nSPS) is 15.2. The molecule has 3 N–H and O–H groups in total. The molecule has 5 nitrogen and oxygen atoms in total. The molecule has 100 valence electrons. The highest BCUT2D eigenvalue weighted by Gasteiger charge is 2.16. The number of hydrogen-bond donors (Lipinski definition) is 2. The summed E-state index contributed by atoms with van der Waals surface area (Å²) in [5, 5.41) is 3.36. The van der Waals surface area contributed by atoms with E-state index < -0.39 is 0 Å². The van der Waals surface area contributed by atoms with E-state index in [1.54, 1.807) is 13.2 Å². The van der Waals surface area contributed by atoms with Gasteiger partial charge >= 0.3 is 0 Å². The average molecular weight is 252 g/mol. The predicted molar refractivity (Wildman–Crippen MR) is 71.4 cm³/mol. The van der Waals surface area contributed by atoms with E-state index in [4.69, 9.17) is 19.9 Å². The van der Waals surface area contributed by atoms with Crippen molar-refractivity contribution in [3.05, 3.63) is 12.1 Å². The summed E-state index contributed by atoms with van der Waals surface area (Å²) in [5.41, 5.74) is 7.53. The molecule has 0 saturated carbocycles. The van der Waals surface area contributed by atoms with Crippen molar-refractivity contribution in [3.8, 4) is 11.5 Å². The Balaban J connectivity index is 2.17. The number of nitrogens with one attached hydrogen (secondary N) is 1. The molecule has 1 heterocycles. The molecule has 1 aromatic rings. The minimum atomic E-state index is 0.236. The summed E-state index contributed by atoms with van der Waals surface area (Å²) in [6.07, 6.45) is 0.960. The molecular weight excluding hydrogens is 232 g/mol. The Labute approximate surface area is 107 Å². The number of nitrogens with two attached hydrogens (primary N) is 1. The van der Waals surface area contributed by atoms with E-state index in [-0.39, 0.29) is 6.04 Å². The van der Waals surface area contributed by atoms with Crippen molar-refractivity contribution in [2.75, 3.05) is 38.0 Å². The molecule has 1 aromatic carbocycles. The van der Waals surface area contributed by atoms with Crippen LogP contribution >= 0.6 is 0 Å². The minimum Gasteiger partial charge on any atom is -0.486 e. The smallest absolute Gasteiger partial charge is 0.163 e. The van der Waals surface area contributed by atoms with Crippen LogP contribution in [0.5, 0.6) is 11.5 Å². The number of methoxy groups -OCH3 is 1. The van der Waals surface area contributed by atoms with E-state index in [2.05, 4.69) is 12.2 Å². The third kappa shape index (κ3) is 2.79. The fourth-order valence-corrected chi connectivity index (χ4v) is 1.91. The standard InChI is InChI=1S/C13H20N2O3/c1-3-9(8-16-2)15-11-7-13-12(6-10(11)14)17-4-5-18-13/h6-7,9,15H,3-5,8,14H2,1-2H3. The van der Waals surface area contributed by atoms with Crippen molar-refractivity contribution < 1.29 is 14.2 Å². The molecule has 0 aromatic heterocycles. The maximum Gasteiger partial charge on any atom is 0.163 e. The summed E-state index contributed by atoms with van der Waals surface area (Å²) in [6, 6.07) is 3.93. The lowest BCUT2D eigenvalue weighted by Gasteiger charge is -2.23. The lowest BCUT2D eigenvalue weighted by Crippen LogP contribution is -2.24. The van der Waals surface area contributed by atoms with Crippen molar-refractivity contribution in [2.45, 2.75) is 19.4 Å². The highest BCUT2D eigenvalue weighted by Crippen LogP contribution is 2.37. The molecule has 0 saturated heterocycles. The van der Waals surface area contributed by atoms with Crippen LogP contribution in [0, 0.1) is 0 Å². The summed E-state index contributed by atoms with van der Waals surface area (Å²) >= 11 is 0. The number of anilines is 2.